The molecule has 1 rings (SSSR count). The average molecular weight is 250 g/mol. The molecule has 1 aromatic rings. The second-order valence-electron chi connectivity index (χ2n) is 4.13. The quantitative estimate of drug-likeness (QED) is 0.814. The molecular formula is C13H15FN2O2. The van der Waals surface area contributed by atoms with Gasteiger partial charge in [0, 0.05) is 12.5 Å². The third kappa shape index (κ3) is 4.42. The molecule has 1 atom stereocenters. The van der Waals surface area contributed by atoms with Crippen LogP contribution in [0.4, 0.5) is 10.1 Å². The largest absolute Gasteiger partial charge is 0.481 e. The van der Waals surface area contributed by atoms with Crippen molar-refractivity contribution in [3.05, 3.63) is 29.6 Å². The molecule has 0 saturated heterocycles. The summed E-state index contributed by atoms with van der Waals surface area (Å²) >= 11 is 0. The lowest BCUT2D eigenvalue weighted by molar-refractivity contribution is -0.137. The van der Waals surface area contributed by atoms with E-state index in [1.165, 1.54) is 18.2 Å². The van der Waals surface area contributed by atoms with Crippen LogP contribution < -0.4 is 5.32 Å². The SMILES string of the molecule is CC(CCCC(=O)O)Nc1ccc(F)cc1C#N. The summed E-state index contributed by atoms with van der Waals surface area (Å²) in [4.78, 5) is 10.4. The molecule has 2 N–H and O–H groups in total. The number of carboxylic acid groups (broad SMARTS) is 1. The molecular weight excluding hydrogens is 235 g/mol. The lowest BCUT2D eigenvalue weighted by Crippen LogP contribution is -2.16. The third-order valence-corrected chi connectivity index (χ3v) is 2.53. The highest BCUT2D eigenvalue weighted by Gasteiger charge is 2.08. The summed E-state index contributed by atoms with van der Waals surface area (Å²) in [7, 11) is 0. The van der Waals surface area contributed by atoms with Crippen molar-refractivity contribution in [2.24, 2.45) is 0 Å². The number of halogens is 1. The lowest BCUT2D eigenvalue weighted by atomic mass is 10.1. The van der Waals surface area contributed by atoms with Gasteiger partial charge in [-0.15, -0.1) is 0 Å². The Kier molecular flexibility index (Phi) is 5.12. The van der Waals surface area contributed by atoms with Crippen molar-refractivity contribution < 1.29 is 14.3 Å². The number of hydrogen-bond acceptors (Lipinski definition) is 3. The summed E-state index contributed by atoms with van der Waals surface area (Å²) in [5.74, 6) is -1.27. The third-order valence-electron chi connectivity index (χ3n) is 2.53. The van der Waals surface area contributed by atoms with E-state index in [1.807, 2.05) is 13.0 Å². The average Bonchev–Trinajstić information content (AvgIpc) is 2.31. The van der Waals surface area contributed by atoms with Gasteiger partial charge in [0.1, 0.15) is 11.9 Å². The van der Waals surface area contributed by atoms with E-state index in [1.54, 1.807) is 0 Å². The zero-order chi connectivity index (χ0) is 13.5. The van der Waals surface area contributed by atoms with Crippen LogP contribution in [0.15, 0.2) is 18.2 Å². The van der Waals surface area contributed by atoms with Crippen molar-refractivity contribution in [2.75, 3.05) is 5.32 Å². The predicted molar refractivity (Wildman–Crippen MR) is 65.7 cm³/mol. The van der Waals surface area contributed by atoms with E-state index in [4.69, 9.17) is 10.4 Å². The number of carboxylic acids is 1. The number of nitrogens with zero attached hydrogens (tertiary/aromatic N) is 1. The summed E-state index contributed by atoms with van der Waals surface area (Å²) in [6.45, 7) is 1.90. The molecule has 0 aromatic heterocycles. The number of nitrogens with one attached hydrogen (secondary N) is 1. The van der Waals surface area contributed by atoms with Gasteiger partial charge >= 0.3 is 5.97 Å². The number of rotatable bonds is 6. The topological polar surface area (TPSA) is 73.1 Å². The Morgan fingerprint density at radius 2 is 2.33 bits per heavy atom. The van der Waals surface area contributed by atoms with Gasteiger partial charge in [-0.3, -0.25) is 4.79 Å². The molecule has 0 radical (unpaired) electrons. The van der Waals surface area contributed by atoms with Gasteiger partial charge in [0.15, 0.2) is 0 Å². The lowest BCUT2D eigenvalue weighted by Gasteiger charge is -2.15. The first kappa shape index (κ1) is 14.0. The van der Waals surface area contributed by atoms with Gasteiger partial charge in [-0.2, -0.15) is 5.26 Å². The van der Waals surface area contributed by atoms with Crippen LogP contribution in [0.2, 0.25) is 0 Å². The second-order valence-corrected chi connectivity index (χ2v) is 4.13. The summed E-state index contributed by atoms with van der Waals surface area (Å²) in [5, 5.41) is 20.5. The smallest absolute Gasteiger partial charge is 0.303 e. The maximum atomic E-state index is 12.9. The molecule has 0 amide bonds. The van der Waals surface area contributed by atoms with E-state index >= 15 is 0 Å². The maximum Gasteiger partial charge on any atom is 0.303 e. The number of carbonyl (C=O) groups is 1. The fourth-order valence-corrected chi connectivity index (χ4v) is 1.63. The Morgan fingerprint density at radius 3 is 2.94 bits per heavy atom. The van der Waals surface area contributed by atoms with Crippen molar-refractivity contribution in [3.63, 3.8) is 0 Å². The molecule has 0 heterocycles. The number of benzene rings is 1. The van der Waals surface area contributed by atoms with Crippen LogP contribution in [0.1, 0.15) is 31.7 Å². The molecule has 0 saturated carbocycles. The second kappa shape index (κ2) is 6.60. The fourth-order valence-electron chi connectivity index (χ4n) is 1.63. The minimum atomic E-state index is -0.818. The van der Waals surface area contributed by atoms with Crippen molar-refractivity contribution in [1.82, 2.24) is 0 Å². The molecule has 0 aliphatic rings. The Morgan fingerprint density at radius 1 is 1.61 bits per heavy atom. The first-order valence-corrected chi connectivity index (χ1v) is 5.71. The van der Waals surface area contributed by atoms with E-state index in [9.17, 15) is 9.18 Å². The first-order valence-electron chi connectivity index (χ1n) is 5.71. The van der Waals surface area contributed by atoms with Gasteiger partial charge < -0.3 is 10.4 Å². The Hall–Kier alpha value is -2.09. The molecule has 5 heteroatoms. The number of nitriles is 1. The summed E-state index contributed by atoms with van der Waals surface area (Å²) in [6, 6.07) is 5.92. The van der Waals surface area contributed by atoms with Gasteiger partial charge in [-0.1, -0.05) is 0 Å². The van der Waals surface area contributed by atoms with Gasteiger partial charge in [0.25, 0.3) is 0 Å². The summed E-state index contributed by atoms with van der Waals surface area (Å²) in [5.41, 5.74) is 0.821. The molecule has 4 nitrogen and oxygen atoms in total. The standard InChI is InChI=1S/C13H15FN2O2/c1-9(3-2-4-13(17)18)16-12-6-5-11(14)7-10(12)8-15/h5-7,9,16H,2-4H2,1H3,(H,17,18). The fraction of sp³-hybridized carbons (Fsp3) is 0.385. The van der Waals surface area contributed by atoms with Gasteiger partial charge in [-0.05, 0) is 38.0 Å². The van der Waals surface area contributed by atoms with E-state index < -0.39 is 11.8 Å². The highest BCUT2D eigenvalue weighted by Crippen LogP contribution is 2.18. The zero-order valence-corrected chi connectivity index (χ0v) is 10.1. The van der Waals surface area contributed by atoms with Crippen LogP contribution in [0, 0.1) is 17.1 Å². The molecule has 0 fully saturated rings. The summed E-state index contributed by atoms with van der Waals surface area (Å²) < 4.78 is 12.9. The minimum absolute atomic E-state index is 0.0295. The molecule has 0 aliphatic carbocycles. The molecule has 1 unspecified atom stereocenters. The van der Waals surface area contributed by atoms with Crippen LogP contribution in [-0.4, -0.2) is 17.1 Å². The molecule has 1 aromatic carbocycles. The Balaban J connectivity index is 2.56. The van der Waals surface area contributed by atoms with E-state index in [0.29, 0.717) is 18.5 Å². The van der Waals surface area contributed by atoms with Crippen LogP contribution in [0.3, 0.4) is 0 Å². The number of hydrogen-bond donors (Lipinski definition) is 2. The normalized spacial score (nSPS) is 11.6. The van der Waals surface area contributed by atoms with Crippen LogP contribution in [-0.2, 0) is 4.79 Å². The van der Waals surface area contributed by atoms with E-state index in [-0.39, 0.29) is 18.0 Å². The Bertz CT molecular complexity index is 469. The monoisotopic (exact) mass is 250 g/mol. The highest BCUT2D eigenvalue weighted by molar-refractivity contribution is 5.66. The van der Waals surface area contributed by atoms with Crippen LogP contribution in [0.25, 0.3) is 0 Å². The molecule has 96 valence electrons. The minimum Gasteiger partial charge on any atom is -0.481 e. The van der Waals surface area contributed by atoms with Crippen molar-refractivity contribution >= 4 is 11.7 Å². The molecule has 0 spiro atoms. The van der Waals surface area contributed by atoms with Gasteiger partial charge in [-0.25, -0.2) is 4.39 Å². The van der Waals surface area contributed by atoms with E-state index in [0.717, 1.165) is 0 Å². The maximum absolute atomic E-state index is 12.9. The van der Waals surface area contributed by atoms with Crippen molar-refractivity contribution in [1.29, 1.82) is 5.26 Å². The highest BCUT2D eigenvalue weighted by atomic mass is 19.1. The van der Waals surface area contributed by atoms with Crippen LogP contribution >= 0.6 is 0 Å². The van der Waals surface area contributed by atoms with Crippen LogP contribution in [0.5, 0.6) is 0 Å². The molecule has 0 bridgehead atoms. The Labute approximate surface area is 105 Å². The number of aliphatic carboxylic acids is 1. The molecule has 18 heavy (non-hydrogen) atoms. The number of anilines is 1. The predicted octanol–water partition coefficient (Wildman–Crippen LogP) is 2.75. The van der Waals surface area contributed by atoms with E-state index in [2.05, 4.69) is 5.32 Å². The van der Waals surface area contributed by atoms with Gasteiger partial charge in [0.05, 0.1) is 11.3 Å². The first-order chi connectivity index (χ1) is 8.52. The van der Waals surface area contributed by atoms with Crippen molar-refractivity contribution in [3.8, 4) is 6.07 Å². The molecule has 0 aliphatic heterocycles. The van der Waals surface area contributed by atoms with Crippen molar-refractivity contribution in [2.45, 2.75) is 32.2 Å². The van der Waals surface area contributed by atoms with Gasteiger partial charge in [0.2, 0.25) is 0 Å². The zero-order valence-electron chi connectivity index (χ0n) is 10.1. The summed E-state index contributed by atoms with van der Waals surface area (Å²) in [6.07, 6.45) is 1.36.